The predicted molar refractivity (Wildman–Crippen MR) is 67.5 cm³/mol. The van der Waals surface area contributed by atoms with Crippen LogP contribution in [0.5, 0.6) is 0 Å². The highest BCUT2D eigenvalue weighted by atomic mass is 16.5. The number of nitrogens with two attached hydrogens (primary N) is 2. The first-order valence-corrected chi connectivity index (χ1v) is 6.09. The van der Waals surface area contributed by atoms with Crippen molar-refractivity contribution in [2.45, 2.75) is 37.2 Å². The minimum atomic E-state index is -2.01. The van der Waals surface area contributed by atoms with Crippen molar-refractivity contribution in [1.82, 2.24) is 0 Å². The van der Waals surface area contributed by atoms with E-state index in [-0.39, 0.29) is 12.8 Å². The summed E-state index contributed by atoms with van der Waals surface area (Å²) in [6.07, 6.45) is -5.85. The number of Topliss-reactive ketones (excluding diaryl/α,β-unsaturated/α-hetero) is 1. The van der Waals surface area contributed by atoms with Gasteiger partial charge in [0.25, 0.3) is 0 Å². The number of esters is 1. The van der Waals surface area contributed by atoms with E-state index in [0.717, 1.165) is 0 Å². The third kappa shape index (κ3) is 7.11. The summed E-state index contributed by atoms with van der Waals surface area (Å²) in [6.45, 7) is -1.73. The lowest BCUT2D eigenvalue weighted by Crippen LogP contribution is -2.46. The first-order chi connectivity index (χ1) is 9.70. The lowest BCUT2D eigenvalue weighted by atomic mass is 10.1. The molecule has 10 nitrogen and oxygen atoms in total. The van der Waals surface area contributed by atoms with E-state index in [1.54, 1.807) is 0 Å². The van der Waals surface area contributed by atoms with E-state index in [1.165, 1.54) is 0 Å². The van der Waals surface area contributed by atoms with Crippen LogP contribution in [0, 0.1) is 0 Å². The van der Waals surface area contributed by atoms with E-state index in [4.69, 9.17) is 16.6 Å². The van der Waals surface area contributed by atoms with Gasteiger partial charge in [-0.1, -0.05) is 0 Å². The fraction of sp³-hybridized carbons (Fsp3) is 0.727. The van der Waals surface area contributed by atoms with Crippen LogP contribution in [-0.4, -0.2) is 75.7 Å². The molecule has 0 spiro atoms. The SMILES string of the molecule is NC(=O)CC[C@H](N)C(=O)OC[C@@H](O)[C@@H](O)[C@H](O)C(=O)CO. The standard InChI is InChI=1S/C11H20N2O8/c12-5(1-2-8(13)17)11(20)21-4-7(16)10(19)9(18)6(15)3-14/h5,7,9-10,14,16,18-19H,1-4,12H2,(H2,13,17)/t5-,7+,9+,10+/m0/s1. The van der Waals surface area contributed by atoms with Crippen LogP contribution in [0.1, 0.15) is 12.8 Å². The van der Waals surface area contributed by atoms with E-state index < -0.39 is 55.2 Å². The number of carbonyl (C=O) groups is 3. The van der Waals surface area contributed by atoms with E-state index in [0.29, 0.717) is 0 Å². The largest absolute Gasteiger partial charge is 0.462 e. The molecule has 0 radical (unpaired) electrons. The molecule has 0 saturated carbocycles. The van der Waals surface area contributed by atoms with Gasteiger partial charge in [0, 0.05) is 6.42 Å². The smallest absolute Gasteiger partial charge is 0.323 e. The van der Waals surface area contributed by atoms with Crippen LogP contribution in [0.4, 0.5) is 0 Å². The predicted octanol–water partition coefficient (Wildman–Crippen LogP) is -4.23. The first kappa shape index (κ1) is 19.4. The van der Waals surface area contributed by atoms with Crippen molar-refractivity contribution in [3.8, 4) is 0 Å². The number of ketones is 1. The third-order valence-electron chi connectivity index (χ3n) is 2.60. The number of primary amides is 1. The normalized spacial score (nSPS) is 16.6. The van der Waals surface area contributed by atoms with Gasteiger partial charge in [0.15, 0.2) is 5.78 Å². The Morgan fingerprint density at radius 1 is 1.14 bits per heavy atom. The van der Waals surface area contributed by atoms with Crippen LogP contribution in [0.3, 0.4) is 0 Å². The average Bonchev–Trinajstić information content (AvgIpc) is 2.46. The number of carbonyl (C=O) groups excluding carboxylic acids is 3. The summed E-state index contributed by atoms with van der Waals surface area (Å²) in [6, 6.07) is -1.13. The van der Waals surface area contributed by atoms with E-state index in [9.17, 15) is 29.7 Å². The van der Waals surface area contributed by atoms with Gasteiger partial charge in [-0.3, -0.25) is 14.4 Å². The summed E-state index contributed by atoms with van der Waals surface area (Å²) in [5.74, 6) is -2.67. The molecule has 1 amide bonds. The first-order valence-electron chi connectivity index (χ1n) is 6.09. The molecule has 0 aliphatic heterocycles. The van der Waals surface area contributed by atoms with E-state index in [1.807, 2.05) is 0 Å². The van der Waals surface area contributed by atoms with Crippen molar-refractivity contribution in [3.63, 3.8) is 0 Å². The Kier molecular flexibility index (Phi) is 8.66. The second-order valence-corrected chi connectivity index (χ2v) is 4.37. The third-order valence-corrected chi connectivity index (χ3v) is 2.60. The molecule has 0 aliphatic rings. The molecular formula is C11H20N2O8. The number of aliphatic hydroxyl groups excluding tert-OH is 4. The van der Waals surface area contributed by atoms with Crippen molar-refractivity contribution in [2.75, 3.05) is 13.2 Å². The Morgan fingerprint density at radius 3 is 2.19 bits per heavy atom. The van der Waals surface area contributed by atoms with Gasteiger partial charge in [-0.05, 0) is 6.42 Å². The molecular weight excluding hydrogens is 288 g/mol. The summed E-state index contributed by atoms with van der Waals surface area (Å²) in [4.78, 5) is 32.8. The number of ether oxygens (including phenoxy) is 1. The minimum Gasteiger partial charge on any atom is -0.462 e. The fourth-order valence-corrected chi connectivity index (χ4v) is 1.28. The molecule has 122 valence electrons. The zero-order valence-corrected chi connectivity index (χ0v) is 11.2. The Bertz CT molecular complexity index is 375. The Hall–Kier alpha value is -1.59. The second-order valence-electron chi connectivity index (χ2n) is 4.37. The Balaban J connectivity index is 4.22. The maximum absolute atomic E-state index is 11.4. The Labute approximate surface area is 120 Å². The van der Waals surface area contributed by atoms with E-state index in [2.05, 4.69) is 4.74 Å². The van der Waals surface area contributed by atoms with Crippen LogP contribution in [0.15, 0.2) is 0 Å². The number of rotatable bonds is 10. The zero-order valence-electron chi connectivity index (χ0n) is 11.2. The summed E-state index contributed by atoms with van der Waals surface area (Å²) in [7, 11) is 0. The molecule has 0 heterocycles. The number of hydrogen-bond acceptors (Lipinski definition) is 9. The highest BCUT2D eigenvalue weighted by molar-refractivity contribution is 5.84. The van der Waals surface area contributed by atoms with Crippen LogP contribution >= 0.6 is 0 Å². The molecule has 0 rings (SSSR count). The van der Waals surface area contributed by atoms with Gasteiger partial charge in [-0.25, -0.2) is 0 Å². The molecule has 0 aliphatic carbocycles. The molecule has 0 aromatic carbocycles. The van der Waals surface area contributed by atoms with Crippen molar-refractivity contribution < 1.29 is 39.5 Å². The topological polar surface area (TPSA) is 193 Å². The van der Waals surface area contributed by atoms with Crippen LogP contribution in [0.25, 0.3) is 0 Å². The summed E-state index contributed by atoms with van der Waals surface area (Å²) >= 11 is 0. The average molecular weight is 308 g/mol. The van der Waals surface area contributed by atoms with E-state index >= 15 is 0 Å². The molecule has 21 heavy (non-hydrogen) atoms. The van der Waals surface area contributed by atoms with Gasteiger partial charge < -0.3 is 36.6 Å². The molecule has 0 unspecified atom stereocenters. The van der Waals surface area contributed by atoms with Gasteiger partial charge >= 0.3 is 5.97 Å². The number of amides is 1. The molecule has 0 aromatic rings. The molecule has 4 atom stereocenters. The highest BCUT2D eigenvalue weighted by Crippen LogP contribution is 2.04. The second kappa shape index (κ2) is 9.37. The fourth-order valence-electron chi connectivity index (χ4n) is 1.28. The van der Waals surface area contributed by atoms with Gasteiger partial charge in [0.2, 0.25) is 5.91 Å². The number of hydrogen-bond donors (Lipinski definition) is 6. The van der Waals surface area contributed by atoms with Crippen LogP contribution < -0.4 is 11.5 Å². The summed E-state index contributed by atoms with van der Waals surface area (Å²) in [5.41, 5.74) is 10.3. The molecule has 0 aromatic heterocycles. The maximum Gasteiger partial charge on any atom is 0.323 e. The zero-order chi connectivity index (χ0) is 16.6. The van der Waals surface area contributed by atoms with Crippen LogP contribution in [-0.2, 0) is 19.1 Å². The lowest BCUT2D eigenvalue weighted by Gasteiger charge is -2.21. The molecule has 10 heteroatoms. The molecule has 8 N–H and O–H groups in total. The number of aliphatic hydroxyl groups is 4. The van der Waals surface area contributed by atoms with Crippen LogP contribution in [0.2, 0.25) is 0 Å². The lowest BCUT2D eigenvalue weighted by molar-refractivity contribution is -0.156. The quantitative estimate of drug-likeness (QED) is 0.217. The highest BCUT2D eigenvalue weighted by Gasteiger charge is 2.30. The summed E-state index contributed by atoms with van der Waals surface area (Å²) in [5, 5.41) is 36.6. The van der Waals surface area contributed by atoms with Gasteiger partial charge in [-0.15, -0.1) is 0 Å². The molecule has 0 bridgehead atoms. The van der Waals surface area contributed by atoms with Crippen molar-refractivity contribution >= 4 is 17.7 Å². The maximum atomic E-state index is 11.4. The molecule has 0 fully saturated rings. The van der Waals surface area contributed by atoms with Crippen molar-refractivity contribution in [1.29, 1.82) is 0 Å². The monoisotopic (exact) mass is 308 g/mol. The van der Waals surface area contributed by atoms with Crippen molar-refractivity contribution in [2.24, 2.45) is 11.5 Å². The van der Waals surface area contributed by atoms with Crippen molar-refractivity contribution in [3.05, 3.63) is 0 Å². The van der Waals surface area contributed by atoms with Gasteiger partial charge in [-0.2, -0.15) is 0 Å². The Morgan fingerprint density at radius 2 is 1.71 bits per heavy atom. The minimum absolute atomic E-state index is 0.0432. The summed E-state index contributed by atoms with van der Waals surface area (Å²) < 4.78 is 4.57. The molecule has 0 saturated heterocycles. The van der Waals surface area contributed by atoms with Gasteiger partial charge in [0.1, 0.15) is 37.6 Å². The van der Waals surface area contributed by atoms with Gasteiger partial charge in [0.05, 0.1) is 0 Å².